The molecular formula is C17H10Cl2FNOS. The second-order valence-electron chi connectivity index (χ2n) is 4.73. The number of rotatable bonds is 3. The molecule has 23 heavy (non-hydrogen) atoms. The van der Waals surface area contributed by atoms with E-state index in [9.17, 15) is 9.18 Å². The summed E-state index contributed by atoms with van der Waals surface area (Å²) in [6.45, 7) is 0. The fraction of sp³-hybridized carbons (Fsp3) is 0. The number of carbonyl (C=O) groups excluding carboxylic acids is 1. The van der Waals surface area contributed by atoms with Crippen molar-refractivity contribution in [3.8, 4) is 0 Å². The standard InChI is InChI=1S/C17H10Cl2FNOS/c18-12-9-10(5-6-13(12)20)21-16(22)8-7-15-17(19)11-3-1-2-4-14(11)23-15/h1-9H,(H,21,22)/b8-7+. The van der Waals surface area contributed by atoms with Crippen molar-refractivity contribution >= 4 is 62.3 Å². The average Bonchev–Trinajstić information content (AvgIpc) is 2.86. The lowest BCUT2D eigenvalue weighted by Gasteiger charge is -2.02. The Balaban J connectivity index is 1.77. The van der Waals surface area contributed by atoms with Crippen LogP contribution in [-0.2, 0) is 4.79 Å². The van der Waals surface area contributed by atoms with E-state index in [1.54, 1.807) is 6.08 Å². The summed E-state index contributed by atoms with van der Waals surface area (Å²) in [5.74, 6) is -0.876. The van der Waals surface area contributed by atoms with Crippen LogP contribution in [-0.4, -0.2) is 5.91 Å². The van der Waals surface area contributed by atoms with Crippen LogP contribution >= 0.6 is 34.5 Å². The molecule has 6 heteroatoms. The van der Waals surface area contributed by atoms with Gasteiger partial charge in [-0.15, -0.1) is 11.3 Å². The summed E-state index contributed by atoms with van der Waals surface area (Å²) in [5, 5.41) is 4.16. The van der Waals surface area contributed by atoms with Crippen LogP contribution < -0.4 is 5.32 Å². The van der Waals surface area contributed by atoms with Crippen molar-refractivity contribution in [3.05, 3.63) is 69.3 Å². The molecule has 2 aromatic carbocycles. The van der Waals surface area contributed by atoms with Gasteiger partial charge in [-0.25, -0.2) is 4.39 Å². The molecule has 3 aromatic rings. The Morgan fingerprint density at radius 2 is 1.96 bits per heavy atom. The van der Waals surface area contributed by atoms with Gasteiger partial charge in [0.15, 0.2) is 0 Å². The van der Waals surface area contributed by atoms with E-state index < -0.39 is 5.82 Å². The number of thiophene rings is 1. The third kappa shape index (κ3) is 3.55. The number of carbonyl (C=O) groups is 1. The number of benzene rings is 2. The highest BCUT2D eigenvalue weighted by molar-refractivity contribution is 7.20. The summed E-state index contributed by atoms with van der Waals surface area (Å²) >= 11 is 13.5. The Labute approximate surface area is 146 Å². The number of amides is 1. The first-order valence-corrected chi connectivity index (χ1v) is 8.23. The topological polar surface area (TPSA) is 29.1 Å². The summed E-state index contributed by atoms with van der Waals surface area (Å²) in [5.41, 5.74) is 0.425. The van der Waals surface area contributed by atoms with E-state index in [0.29, 0.717) is 10.7 Å². The van der Waals surface area contributed by atoms with Gasteiger partial charge in [-0.05, 0) is 30.3 Å². The van der Waals surface area contributed by atoms with Crippen LogP contribution in [0.1, 0.15) is 4.88 Å². The van der Waals surface area contributed by atoms with Crippen LogP contribution in [0.3, 0.4) is 0 Å². The average molecular weight is 366 g/mol. The van der Waals surface area contributed by atoms with Crippen molar-refractivity contribution in [1.29, 1.82) is 0 Å². The van der Waals surface area contributed by atoms with E-state index in [0.717, 1.165) is 15.0 Å². The normalized spacial score (nSPS) is 11.3. The number of halogens is 3. The van der Waals surface area contributed by atoms with Crippen LogP contribution in [0, 0.1) is 5.82 Å². The molecule has 0 radical (unpaired) electrons. The van der Waals surface area contributed by atoms with E-state index in [1.807, 2.05) is 24.3 Å². The van der Waals surface area contributed by atoms with Crippen molar-refractivity contribution in [2.75, 3.05) is 5.32 Å². The highest BCUT2D eigenvalue weighted by Crippen LogP contribution is 2.35. The van der Waals surface area contributed by atoms with Gasteiger partial charge in [0.2, 0.25) is 5.91 Å². The molecule has 0 saturated heterocycles. The molecular weight excluding hydrogens is 356 g/mol. The first kappa shape index (κ1) is 16.0. The number of hydrogen-bond acceptors (Lipinski definition) is 2. The molecule has 0 spiro atoms. The molecule has 116 valence electrons. The maximum Gasteiger partial charge on any atom is 0.248 e. The minimum absolute atomic E-state index is 0.0423. The Kier molecular flexibility index (Phi) is 4.66. The molecule has 0 bridgehead atoms. The molecule has 1 heterocycles. The van der Waals surface area contributed by atoms with Crippen molar-refractivity contribution in [1.82, 2.24) is 0 Å². The van der Waals surface area contributed by atoms with Gasteiger partial charge in [-0.1, -0.05) is 41.4 Å². The Morgan fingerprint density at radius 1 is 1.17 bits per heavy atom. The second kappa shape index (κ2) is 6.71. The molecule has 1 N–H and O–H groups in total. The summed E-state index contributed by atoms with van der Waals surface area (Å²) < 4.78 is 14.1. The Morgan fingerprint density at radius 3 is 2.70 bits per heavy atom. The van der Waals surface area contributed by atoms with Crippen LogP contribution in [0.25, 0.3) is 16.2 Å². The molecule has 1 aromatic heterocycles. The van der Waals surface area contributed by atoms with Gasteiger partial charge in [0, 0.05) is 26.7 Å². The first-order chi connectivity index (χ1) is 11.0. The number of hydrogen-bond donors (Lipinski definition) is 1. The fourth-order valence-corrected chi connectivity index (χ4v) is 3.63. The van der Waals surface area contributed by atoms with Crippen molar-refractivity contribution in [2.24, 2.45) is 0 Å². The zero-order chi connectivity index (χ0) is 16.4. The van der Waals surface area contributed by atoms with Crippen LogP contribution in [0.4, 0.5) is 10.1 Å². The molecule has 0 unspecified atom stereocenters. The van der Waals surface area contributed by atoms with Gasteiger partial charge < -0.3 is 5.32 Å². The molecule has 2 nitrogen and oxygen atoms in total. The van der Waals surface area contributed by atoms with Gasteiger partial charge >= 0.3 is 0 Å². The fourth-order valence-electron chi connectivity index (χ4n) is 2.05. The molecule has 0 aliphatic rings. The molecule has 1 amide bonds. The lowest BCUT2D eigenvalue weighted by atomic mass is 10.2. The van der Waals surface area contributed by atoms with E-state index in [2.05, 4.69) is 5.32 Å². The van der Waals surface area contributed by atoms with E-state index in [-0.39, 0.29) is 10.9 Å². The zero-order valence-electron chi connectivity index (χ0n) is 11.6. The molecule has 0 aliphatic heterocycles. The summed E-state index contributed by atoms with van der Waals surface area (Å²) in [7, 11) is 0. The van der Waals surface area contributed by atoms with Gasteiger partial charge in [-0.3, -0.25) is 4.79 Å². The Bertz CT molecular complexity index is 920. The predicted molar refractivity (Wildman–Crippen MR) is 95.9 cm³/mol. The second-order valence-corrected chi connectivity index (χ2v) is 6.60. The smallest absolute Gasteiger partial charge is 0.248 e. The summed E-state index contributed by atoms with van der Waals surface area (Å²) in [6, 6.07) is 11.8. The maximum atomic E-state index is 13.1. The van der Waals surface area contributed by atoms with Crippen molar-refractivity contribution < 1.29 is 9.18 Å². The summed E-state index contributed by atoms with van der Waals surface area (Å²) in [4.78, 5) is 12.7. The van der Waals surface area contributed by atoms with Gasteiger partial charge in [-0.2, -0.15) is 0 Å². The molecule has 0 fully saturated rings. The van der Waals surface area contributed by atoms with E-state index in [4.69, 9.17) is 23.2 Å². The minimum Gasteiger partial charge on any atom is -0.322 e. The minimum atomic E-state index is -0.530. The predicted octanol–water partition coefficient (Wildman–Crippen LogP) is 6.00. The maximum absolute atomic E-state index is 13.1. The number of fused-ring (bicyclic) bond motifs is 1. The van der Waals surface area contributed by atoms with E-state index in [1.165, 1.54) is 35.6 Å². The lowest BCUT2D eigenvalue weighted by molar-refractivity contribution is -0.111. The quantitative estimate of drug-likeness (QED) is 0.566. The highest BCUT2D eigenvalue weighted by atomic mass is 35.5. The van der Waals surface area contributed by atoms with Crippen molar-refractivity contribution in [2.45, 2.75) is 0 Å². The van der Waals surface area contributed by atoms with Crippen molar-refractivity contribution in [3.63, 3.8) is 0 Å². The third-order valence-corrected chi connectivity index (χ3v) is 5.08. The lowest BCUT2D eigenvalue weighted by Crippen LogP contribution is -2.07. The van der Waals surface area contributed by atoms with Gasteiger partial charge in [0.25, 0.3) is 0 Å². The first-order valence-electron chi connectivity index (χ1n) is 6.66. The molecule has 0 saturated carbocycles. The zero-order valence-corrected chi connectivity index (χ0v) is 14.0. The highest BCUT2D eigenvalue weighted by Gasteiger charge is 2.08. The summed E-state index contributed by atoms with van der Waals surface area (Å²) in [6.07, 6.45) is 3.04. The molecule has 0 atom stereocenters. The molecule has 0 aliphatic carbocycles. The Hall–Kier alpha value is -1.88. The number of nitrogens with one attached hydrogen (secondary N) is 1. The van der Waals surface area contributed by atoms with Gasteiger partial charge in [0.05, 0.1) is 10.0 Å². The van der Waals surface area contributed by atoms with Gasteiger partial charge in [0.1, 0.15) is 5.82 Å². The molecule has 3 rings (SSSR count). The van der Waals surface area contributed by atoms with E-state index >= 15 is 0 Å². The van der Waals surface area contributed by atoms with Crippen LogP contribution in [0.2, 0.25) is 10.0 Å². The third-order valence-electron chi connectivity index (χ3n) is 3.13. The number of anilines is 1. The van der Waals surface area contributed by atoms with Crippen LogP contribution in [0.15, 0.2) is 48.5 Å². The largest absolute Gasteiger partial charge is 0.322 e. The monoisotopic (exact) mass is 365 g/mol. The van der Waals surface area contributed by atoms with Crippen LogP contribution in [0.5, 0.6) is 0 Å². The SMILES string of the molecule is O=C(/C=C/c1sc2ccccc2c1Cl)Nc1ccc(F)c(Cl)c1.